The van der Waals surface area contributed by atoms with Crippen LogP contribution in [0.5, 0.6) is 0 Å². The van der Waals surface area contributed by atoms with E-state index in [2.05, 4.69) is 9.72 Å². The Hall–Kier alpha value is -1.03. The minimum atomic E-state index is -0.810. The second kappa shape index (κ2) is 3.39. The van der Waals surface area contributed by atoms with Crippen molar-refractivity contribution in [2.75, 3.05) is 0 Å². The van der Waals surface area contributed by atoms with Crippen molar-refractivity contribution >= 4 is 17.0 Å². The van der Waals surface area contributed by atoms with Crippen molar-refractivity contribution in [3.05, 3.63) is 18.2 Å². The van der Waals surface area contributed by atoms with Crippen LogP contribution >= 0.6 is 11.6 Å². The van der Waals surface area contributed by atoms with Crippen molar-refractivity contribution in [2.24, 2.45) is 7.05 Å². The van der Waals surface area contributed by atoms with Crippen LogP contribution in [-0.4, -0.2) is 15.0 Å². The molecule has 0 unspecified atom stereocenters. The summed E-state index contributed by atoms with van der Waals surface area (Å²) < 4.78 is 6.25. The van der Waals surface area contributed by atoms with E-state index in [-0.39, 0.29) is 6.61 Å². The monoisotopic (exact) mass is 174 g/mol. The van der Waals surface area contributed by atoms with Crippen LogP contribution in [-0.2, 0) is 18.4 Å². The molecule has 11 heavy (non-hydrogen) atoms. The van der Waals surface area contributed by atoms with Crippen LogP contribution in [0.4, 0.5) is 4.79 Å². The Morgan fingerprint density at radius 2 is 2.64 bits per heavy atom. The zero-order chi connectivity index (χ0) is 8.27. The predicted octanol–water partition coefficient (Wildman–Crippen LogP) is 1.30. The van der Waals surface area contributed by atoms with Crippen LogP contribution in [0.3, 0.4) is 0 Å². The van der Waals surface area contributed by atoms with E-state index in [9.17, 15) is 4.79 Å². The van der Waals surface area contributed by atoms with E-state index in [1.165, 1.54) is 0 Å². The molecule has 5 heteroatoms. The second-order valence-electron chi connectivity index (χ2n) is 2.06. The fourth-order valence-electron chi connectivity index (χ4n) is 0.672. The minimum absolute atomic E-state index is 0.128. The predicted molar refractivity (Wildman–Crippen MR) is 39.2 cm³/mol. The molecule has 0 fully saturated rings. The highest BCUT2D eigenvalue weighted by Crippen LogP contribution is 1.98. The van der Waals surface area contributed by atoms with Gasteiger partial charge in [-0.25, -0.2) is 9.78 Å². The molecule has 0 spiro atoms. The molecule has 0 saturated carbocycles. The third kappa shape index (κ3) is 2.59. The standard InChI is InChI=1S/C6H7ClN2O2/c1-9-2-5(8-4-9)3-11-6(7)10/h2,4H,3H2,1H3. The molecule has 1 aromatic heterocycles. The van der Waals surface area contributed by atoms with Gasteiger partial charge < -0.3 is 9.30 Å². The number of nitrogens with zero attached hydrogens (tertiary/aromatic N) is 2. The molecule has 0 bridgehead atoms. The largest absolute Gasteiger partial charge is 0.447 e. The molecule has 1 heterocycles. The smallest absolute Gasteiger partial charge is 0.404 e. The van der Waals surface area contributed by atoms with E-state index in [1.54, 1.807) is 17.1 Å². The Balaban J connectivity index is 2.45. The van der Waals surface area contributed by atoms with Crippen molar-refractivity contribution in [1.82, 2.24) is 9.55 Å². The Bertz CT molecular complexity index is 259. The summed E-state index contributed by atoms with van der Waals surface area (Å²) in [5.74, 6) is 0. The van der Waals surface area contributed by atoms with Crippen molar-refractivity contribution in [1.29, 1.82) is 0 Å². The number of aromatic nitrogens is 2. The van der Waals surface area contributed by atoms with Gasteiger partial charge in [-0.05, 0) is 0 Å². The van der Waals surface area contributed by atoms with E-state index in [1.807, 2.05) is 7.05 Å². The zero-order valence-electron chi connectivity index (χ0n) is 5.95. The van der Waals surface area contributed by atoms with E-state index in [0.29, 0.717) is 5.69 Å². The number of aryl methyl sites for hydroxylation is 1. The van der Waals surface area contributed by atoms with Crippen LogP contribution < -0.4 is 0 Å². The molecule has 0 aliphatic heterocycles. The molecule has 0 radical (unpaired) electrons. The van der Waals surface area contributed by atoms with Gasteiger partial charge in [-0.3, -0.25) is 0 Å². The van der Waals surface area contributed by atoms with Gasteiger partial charge in [-0.1, -0.05) is 0 Å². The summed E-state index contributed by atoms with van der Waals surface area (Å²) >= 11 is 4.94. The summed E-state index contributed by atoms with van der Waals surface area (Å²) in [5.41, 5.74) is -0.128. The summed E-state index contributed by atoms with van der Waals surface area (Å²) in [4.78, 5) is 14.0. The van der Waals surface area contributed by atoms with Gasteiger partial charge in [-0.2, -0.15) is 0 Å². The molecule has 0 aromatic carbocycles. The highest BCUT2D eigenvalue weighted by atomic mass is 35.5. The van der Waals surface area contributed by atoms with Gasteiger partial charge in [-0.15, -0.1) is 0 Å². The van der Waals surface area contributed by atoms with Gasteiger partial charge in [0.2, 0.25) is 0 Å². The average Bonchev–Trinajstić information content (AvgIpc) is 2.31. The third-order valence-electron chi connectivity index (χ3n) is 1.09. The highest BCUT2D eigenvalue weighted by Gasteiger charge is 1.99. The SMILES string of the molecule is Cn1cnc(COC(=O)Cl)c1. The minimum Gasteiger partial charge on any atom is -0.447 e. The lowest BCUT2D eigenvalue weighted by atomic mass is 10.5. The summed E-state index contributed by atoms with van der Waals surface area (Å²) in [7, 11) is 1.83. The number of carbonyl (C=O) groups is 1. The number of carbonyl (C=O) groups excluding carboxylic acids is 1. The van der Waals surface area contributed by atoms with E-state index < -0.39 is 5.43 Å². The Morgan fingerprint density at radius 3 is 3.09 bits per heavy atom. The summed E-state index contributed by atoms with van der Waals surface area (Å²) in [6.07, 6.45) is 3.37. The van der Waals surface area contributed by atoms with Gasteiger partial charge in [0.1, 0.15) is 6.61 Å². The second-order valence-corrected chi connectivity index (χ2v) is 2.37. The molecule has 0 aliphatic carbocycles. The summed E-state index contributed by atoms with van der Waals surface area (Å²) in [5, 5.41) is 0. The fraction of sp³-hybridized carbons (Fsp3) is 0.333. The van der Waals surface area contributed by atoms with Gasteiger partial charge >= 0.3 is 5.43 Å². The van der Waals surface area contributed by atoms with E-state index >= 15 is 0 Å². The van der Waals surface area contributed by atoms with Gasteiger partial charge in [0, 0.05) is 24.8 Å². The van der Waals surface area contributed by atoms with Crippen molar-refractivity contribution in [3.8, 4) is 0 Å². The maximum Gasteiger partial charge on any atom is 0.404 e. The number of hydrogen-bond donors (Lipinski definition) is 0. The first-order valence-corrected chi connectivity index (χ1v) is 3.35. The molecule has 1 rings (SSSR count). The lowest BCUT2D eigenvalue weighted by Crippen LogP contribution is -1.94. The van der Waals surface area contributed by atoms with Gasteiger partial charge in [0.05, 0.1) is 12.0 Å². The van der Waals surface area contributed by atoms with Crippen molar-refractivity contribution in [3.63, 3.8) is 0 Å². The molecular formula is C6H7ClN2O2. The van der Waals surface area contributed by atoms with Crippen LogP contribution in [0.2, 0.25) is 0 Å². The summed E-state index contributed by atoms with van der Waals surface area (Å²) in [6, 6.07) is 0. The average molecular weight is 175 g/mol. The van der Waals surface area contributed by atoms with Crippen LogP contribution in [0.25, 0.3) is 0 Å². The van der Waals surface area contributed by atoms with E-state index in [4.69, 9.17) is 11.6 Å². The first-order chi connectivity index (χ1) is 5.18. The number of halogens is 1. The molecular weight excluding hydrogens is 168 g/mol. The zero-order valence-corrected chi connectivity index (χ0v) is 6.71. The Labute approximate surface area is 68.7 Å². The maximum atomic E-state index is 10.1. The first-order valence-electron chi connectivity index (χ1n) is 2.97. The van der Waals surface area contributed by atoms with Crippen molar-refractivity contribution < 1.29 is 9.53 Å². The Morgan fingerprint density at radius 1 is 1.91 bits per heavy atom. The molecule has 0 saturated heterocycles. The third-order valence-corrected chi connectivity index (χ3v) is 1.20. The highest BCUT2D eigenvalue weighted by molar-refractivity contribution is 6.61. The molecule has 0 amide bonds. The lowest BCUT2D eigenvalue weighted by molar-refractivity contribution is 0.165. The Kier molecular flexibility index (Phi) is 2.48. The van der Waals surface area contributed by atoms with Crippen LogP contribution in [0, 0.1) is 0 Å². The topological polar surface area (TPSA) is 44.1 Å². The number of ether oxygens (including phenoxy) is 1. The molecule has 0 atom stereocenters. The lowest BCUT2D eigenvalue weighted by Gasteiger charge is -1.93. The molecule has 0 aliphatic rings. The van der Waals surface area contributed by atoms with Crippen molar-refractivity contribution in [2.45, 2.75) is 6.61 Å². The fourth-order valence-corrected chi connectivity index (χ4v) is 0.727. The molecule has 60 valence electrons. The first kappa shape index (κ1) is 8.07. The molecule has 0 N–H and O–H groups in total. The quantitative estimate of drug-likeness (QED) is 0.635. The molecule has 1 aromatic rings. The van der Waals surface area contributed by atoms with Gasteiger partial charge in [0.15, 0.2) is 0 Å². The van der Waals surface area contributed by atoms with Crippen LogP contribution in [0.15, 0.2) is 12.5 Å². The molecule has 4 nitrogen and oxygen atoms in total. The van der Waals surface area contributed by atoms with E-state index in [0.717, 1.165) is 0 Å². The van der Waals surface area contributed by atoms with Crippen LogP contribution in [0.1, 0.15) is 5.69 Å². The number of imidazole rings is 1. The number of hydrogen-bond acceptors (Lipinski definition) is 3. The normalized spacial score (nSPS) is 9.64. The maximum absolute atomic E-state index is 10.1. The number of rotatable bonds is 2. The summed E-state index contributed by atoms with van der Waals surface area (Å²) in [6.45, 7) is 0.128. The van der Waals surface area contributed by atoms with Gasteiger partial charge in [0.25, 0.3) is 0 Å².